The van der Waals surface area contributed by atoms with Crippen molar-refractivity contribution in [2.75, 3.05) is 17.8 Å². The SMILES string of the molecule is N#Cc1cccc(NS(=O)(=O)N2CCC(C(=O)O)C2)c1F. The molecular weight excluding hydrogens is 301 g/mol. The molecule has 1 aromatic rings. The fraction of sp³-hybridized carbons (Fsp3) is 0.333. The van der Waals surface area contributed by atoms with Crippen LogP contribution in [-0.2, 0) is 15.0 Å². The van der Waals surface area contributed by atoms with Crippen LogP contribution in [0.25, 0.3) is 0 Å². The van der Waals surface area contributed by atoms with Gasteiger partial charge in [0.2, 0.25) is 0 Å². The van der Waals surface area contributed by atoms with Crippen molar-refractivity contribution < 1.29 is 22.7 Å². The average Bonchev–Trinajstić information content (AvgIpc) is 2.91. The lowest BCUT2D eigenvalue weighted by atomic mass is 10.1. The molecule has 0 radical (unpaired) electrons. The number of hydrogen-bond donors (Lipinski definition) is 2. The smallest absolute Gasteiger partial charge is 0.307 e. The van der Waals surface area contributed by atoms with Crippen LogP contribution in [0.5, 0.6) is 0 Å². The minimum absolute atomic E-state index is 0.0475. The molecule has 21 heavy (non-hydrogen) atoms. The van der Waals surface area contributed by atoms with Gasteiger partial charge in [-0.3, -0.25) is 9.52 Å². The number of carbonyl (C=O) groups is 1. The molecule has 1 saturated heterocycles. The maximum absolute atomic E-state index is 13.8. The molecule has 1 aliphatic heterocycles. The van der Waals surface area contributed by atoms with Gasteiger partial charge in [0.1, 0.15) is 6.07 Å². The Balaban J connectivity index is 2.20. The molecular formula is C12H12FN3O4S. The number of hydrogen-bond acceptors (Lipinski definition) is 4. The lowest BCUT2D eigenvalue weighted by Crippen LogP contribution is -2.35. The standard InChI is InChI=1S/C12H12FN3O4S/c13-11-8(6-14)2-1-3-10(11)15-21(19,20)16-5-4-9(7-16)12(17)18/h1-3,9,15H,4-5,7H2,(H,17,18). The Kier molecular flexibility index (Phi) is 4.11. The van der Waals surface area contributed by atoms with E-state index in [1.54, 1.807) is 6.07 Å². The van der Waals surface area contributed by atoms with Crippen molar-refractivity contribution in [3.8, 4) is 6.07 Å². The second-order valence-corrected chi connectivity index (χ2v) is 6.24. The third kappa shape index (κ3) is 3.12. The minimum Gasteiger partial charge on any atom is -0.481 e. The predicted octanol–water partition coefficient (Wildman–Crippen LogP) is 0.761. The third-order valence-electron chi connectivity index (χ3n) is 3.20. The minimum atomic E-state index is -4.06. The Morgan fingerprint density at radius 2 is 2.24 bits per heavy atom. The molecule has 1 unspecified atom stereocenters. The van der Waals surface area contributed by atoms with E-state index in [1.165, 1.54) is 18.2 Å². The number of halogens is 1. The van der Waals surface area contributed by atoms with Crippen molar-refractivity contribution in [2.45, 2.75) is 6.42 Å². The predicted molar refractivity (Wildman–Crippen MR) is 71.0 cm³/mol. The zero-order chi connectivity index (χ0) is 15.6. The van der Waals surface area contributed by atoms with Crippen LogP contribution in [0.15, 0.2) is 18.2 Å². The zero-order valence-electron chi connectivity index (χ0n) is 10.8. The summed E-state index contributed by atoms with van der Waals surface area (Å²) in [5.41, 5.74) is -0.618. The number of nitrogens with one attached hydrogen (secondary N) is 1. The molecule has 2 rings (SSSR count). The highest BCUT2D eigenvalue weighted by molar-refractivity contribution is 7.90. The molecule has 0 aliphatic carbocycles. The number of anilines is 1. The second-order valence-electron chi connectivity index (χ2n) is 4.57. The molecule has 112 valence electrons. The van der Waals surface area contributed by atoms with E-state index in [2.05, 4.69) is 0 Å². The van der Waals surface area contributed by atoms with Crippen molar-refractivity contribution in [1.29, 1.82) is 5.26 Å². The highest BCUT2D eigenvalue weighted by Crippen LogP contribution is 2.23. The van der Waals surface area contributed by atoms with Gasteiger partial charge in [0.05, 0.1) is 17.2 Å². The van der Waals surface area contributed by atoms with Crippen molar-refractivity contribution in [2.24, 2.45) is 5.92 Å². The van der Waals surface area contributed by atoms with Crippen LogP contribution in [0.3, 0.4) is 0 Å². The van der Waals surface area contributed by atoms with E-state index in [1.807, 2.05) is 4.72 Å². The van der Waals surface area contributed by atoms with Gasteiger partial charge in [-0.1, -0.05) is 6.07 Å². The van der Waals surface area contributed by atoms with Gasteiger partial charge in [-0.2, -0.15) is 18.0 Å². The monoisotopic (exact) mass is 313 g/mol. The number of nitrogens with zero attached hydrogens (tertiary/aromatic N) is 2. The molecule has 0 amide bonds. The van der Waals surface area contributed by atoms with E-state index in [0.717, 1.165) is 4.31 Å². The van der Waals surface area contributed by atoms with E-state index in [0.29, 0.717) is 0 Å². The lowest BCUT2D eigenvalue weighted by Gasteiger charge is -2.17. The maximum atomic E-state index is 13.8. The summed E-state index contributed by atoms with van der Waals surface area (Å²) in [6.45, 7) is -0.115. The van der Waals surface area contributed by atoms with Crippen molar-refractivity contribution >= 4 is 21.9 Å². The fourth-order valence-corrected chi connectivity index (χ4v) is 3.34. The van der Waals surface area contributed by atoms with Crippen molar-refractivity contribution in [3.63, 3.8) is 0 Å². The number of rotatable bonds is 4. The van der Waals surface area contributed by atoms with Gasteiger partial charge >= 0.3 is 16.2 Å². The van der Waals surface area contributed by atoms with Gasteiger partial charge < -0.3 is 5.11 Å². The number of nitriles is 1. The van der Waals surface area contributed by atoms with Crippen LogP contribution in [0.1, 0.15) is 12.0 Å². The average molecular weight is 313 g/mol. The highest BCUT2D eigenvalue weighted by atomic mass is 32.2. The van der Waals surface area contributed by atoms with Gasteiger partial charge in [0.15, 0.2) is 5.82 Å². The van der Waals surface area contributed by atoms with Crippen molar-refractivity contribution in [1.82, 2.24) is 4.31 Å². The van der Waals surface area contributed by atoms with Crippen LogP contribution in [0.4, 0.5) is 10.1 Å². The van der Waals surface area contributed by atoms with E-state index >= 15 is 0 Å². The Labute approximate surface area is 120 Å². The maximum Gasteiger partial charge on any atom is 0.307 e. The van der Waals surface area contributed by atoms with E-state index in [-0.39, 0.29) is 30.8 Å². The molecule has 9 heteroatoms. The molecule has 1 fully saturated rings. The van der Waals surface area contributed by atoms with Gasteiger partial charge in [0, 0.05) is 13.1 Å². The van der Waals surface area contributed by atoms with Crippen LogP contribution < -0.4 is 4.72 Å². The van der Waals surface area contributed by atoms with E-state index < -0.39 is 27.9 Å². The van der Waals surface area contributed by atoms with Gasteiger partial charge in [-0.25, -0.2) is 4.39 Å². The summed E-state index contributed by atoms with van der Waals surface area (Å²) >= 11 is 0. The number of benzene rings is 1. The van der Waals surface area contributed by atoms with Crippen LogP contribution in [0.2, 0.25) is 0 Å². The molecule has 0 aromatic heterocycles. The summed E-state index contributed by atoms with van der Waals surface area (Å²) in [6, 6.07) is 5.38. The van der Waals surface area contributed by atoms with Crippen LogP contribution in [-0.4, -0.2) is 36.9 Å². The Hall–Kier alpha value is -2.18. The molecule has 2 N–H and O–H groups in total. The fourth-order valence-electron chi connectivity index (χ4n) is 2.05. The third-order valence-corrected chi connectivity index (χ3v) is 4.69. The molecule has 1 heterocycles. The molecule has 1 aromatic carbocycles. The molecule has 1 aliphatic rings. The summed E-state index contributed by atoms with van der Waals surface area (Å²) in [5.74, 6) is -2.79. The first-order chi connectivity index (χ1) is 9.85. The quantitative estimate of drug-likeness (QED) is 0.852. The normalized spacial score (nSPS) is 19.1. The molecule has 0 saturated carbocycles. The Morgan fingerprint density at radius 3 is 2.81 bits per heavy atom. The number of carboxylic acids is 1. The lowest BCUT2D eigenvalue weighted by molar-refractivity contribution is -0.141. The first kappa shape index (κ1) is 15.2. The highest BCUT2D eigenvalue weighted by Gasteiger charge is 2.35. The Bertz CT molecular complexity index is 714. The molecule has 1 atom stereocenters. The summed E-state index contributed by atoms with van der Waals surface area (Å²) in [5, 5.41) is 17.6. The summed E-state index contributed by atoms with van der Waals surface area (Å²) < 4.78 is 41.0. The number of carboxylic acid groups (broad SMARTS) is 1. The van der Waals surface area contributed by atoms with Gasteiger partial charge in [0.25, 0.3) is 0 Å². The van der Waals surface area contributed by atoms with Gasteiger partial charge in [-0.05, 0) is 18.6 Å². The topological polar surface area (TPSA) is 111 Å². The van der Waals surface area contributed by atoms with Crippen LogP contribution >= 0.6 is 0 Å². The van der Waals surface area contributed by atoms with E-state index in [4.69, 9.17) is 10.4 Å². The van der Waals surface area contributed by atoms with Gasteiger partial charge in [-0.15, -0.1) is 0 Å². The first-order valence-corrected chi connectivity index (χ1v) is 7.48. The molecule has 0 spiro atoms. The molecule has 7 nitrogen and oxygen atoms in total. The first-order valence-electron chi connectivity index (χ1n) is 6.04. The van der Waals surface area contributed by atoms with E-state index in [9.17, 15) is 17.6 Å². The molecule has 0 bridgehead atoms. The largest absolute Gasteiger partial charge is 0.481 e. The van der Waals surface area contributed by atoms with Crippen LogP contribution in [0, 0.1) is 23.1 Å². The summed E-state index contributed by atoms with van der Waals surface area (Å²) in [7, 11) is -4.06. The number of aliphatic carboxylic acids is 1. The summed E-state index contributed by atoms with van der Waals surface area (Å²) in [4.78, 5) is 10.8. The van der Waals surface area contributed by atoms with Crippen molar-refractivity contribution in [3.05, 3.63) is 29.6 Å². The zero-order valence-corrected chi connectivity index (χ0v) is 11.6. The second kappa shape index (κ2) is 5.67. The Morgan fingerprint density at radius 1 is 1.52 bits per heavy atom. The summed E-state index contributed by atoms with van der Waals surface area (Å²) in [6.07, 6.45) is 0.205.